The first-order valence-electron chi connectivity index (χ1n) is 5.51. The maximum Gasteiger partial charge on any atom is 0.254 e. The summed E-state index contributed by atoms with van der Waals surface area (Å²) in [4.78, 5) is 17.6. The van der Waals surface area contributed by atoms with Crippen molar-refractivity contribution in [2.75, 3.05) is 12.8 Å². The minimum Gasteiger partial charge on any atom is -0.384 e. The van der Waals surface area contributed by atoms with Gasteiger partial charge in [-0.05, 0) is 12.1 Å². The minimum absolute atomic E-state index is 0.0899. The van der Waals surface area contributed by atoms with Gasteiger partial charge in [0.15, 0.2) is 0 Å². The fourth-order valence-corrected chi connectivity index (χ4v) is 1.70. The van der Waals surface area contributed by atoms with Gasteiger partial charge in [-0.3, -0.25) is 9.48 Å². The molecule has 0 atom stereocenters. The van der Waals surface area contributed by atoms with Crippen molar-refractivity contribution >= 4 is 11.7 Å². The number of amides is 1. The third-order valence-corrected chi connectivity index (χ3v) is 2.55. The van der Waals surface area contributed by atoms with Crippen molar-refractivity contribution in [2.45, 2.75) is 6.54 Å². The number of anilines is 1. The van der Waals surface area contributed by atoms with Crippen LogP contribution in [0.15, 0.2) is 30.7 Å². The minimum atomic E-state index is -0.0899. The zero-order valence-corrected chi connectivity index (χ0v) is 10.4. The predicted molar refractivity (Wildman–Crippen MR) is 67.7 cm³/mol. The lowest BCUT2D eigenvalue weighted by Gasteiger charge is -2.16. The molecule has 0 radical (unpaired) electrons. The highest BCUT2D eigenvalue weighted by Crippen LogP contribution is 2.09. The highest BCUT2D eigenvalue weighted by molar-refractivity contribution is 5.94. The first-order valence-corrected chi connectivity index (χ1v) is 5.51. The van der Waals surface area contributed by atoms with Crippen LogP contribution in [0.3, 0.4) is 0 Å². The van der Waals surface area contributed by atoms with Crippen LogP contribution in [0.25, 0.3) is 0 Å². The molecule has 6 heteroatoms. The molecule has 0 aliphatic rings. The van der Waals surface area contributed by atoms with Crippen LogP contribution in [0, 0.1) is 0 Å². The number of nitrogens with zero attached hydrogens (tertiary/aromatic N) is 4. The number of carbonyl (C=O) groups excluding carboxylic acids is 1. The zero-order valence-electron chi connectivity index (χ0n) is 10.4. The van der Waals surface area contributed by atoms with Crippen LogP contribution >= 0.6 is 0 Å². The van der Waals surface area contributed by atoms with E-state index in [-0.39, 0.29) is 5.91 Å². The van der Waals surface area contributed by atoms with Crippen LogP contribution in [0.1, 0.15) is 15.9 Å². The van der Waals surface area contributed by atoms with Gasteiger partial charge in [-0.15, -0.1) is 0 Å². The van der Waals surface area contributed by atoms with Crippen molar-refractivity contribution in [3.63, 3.8) is 0 Å². The van der Waals surface area contributed by atoms with Crippen LogP contribution in [0.4, 0.5) is 5.82 Å². The molecule has 0 unspecified atom stereocenters. The molecule has 94 valence electrons. The van der Waals surface area contributed by atoms with E-state index in [0.717, 1.165) is 5.56 Å². The fourth-order valence-electron chi connectivity index (χ4n) is 1.70. The Hall–Kier alpha value is -2.37. The molecule has 2 rings (SSSR count). The van der Waals surface area contributed by atoms with Crippen LogP contribution < -0.4 is 5.73 Å². The molecule has 2 N–H and O–H groups in total. The molecule has 0 aliphatic heterocycles. The molecule has 0 bridgehead atoms. The lowest BCUT2D eigenvalue weighted by atomic mass is 10.2. The third kappa shape index (κ3) is 2.65. The summed E-state index contributed by atoms with van der Waals surface area (Å²) in [6.07, 6.45) is 5.15. The molecule has 0 fully saturated rings. The van der Waals surface area contributed by atoms with Gasteiger partial charge in [0, 0.05) is 44.2 Å². The quantitative estimate of drug-likeness (QED) is 0.862. The Morgan fingerprint density at radius 1 is 1.56 bits per heavy atom. The maximum atomic E-state index is 12.1. The molecule has 18 heavy (non-hydrogen) atoms. The molecule has 0 saturated heterocycles. The molecule has 2 aromatic heterocycles. The summed E-state index contributed by atoms with van der Waals surface area (Å²) >= 11 is 0. The molecule has 0 aromatic carbocycles. The van der Waals surface area contributed by atoms with Crippen LogP contribution in [0.5, 0.6) is 0 Å². The zero-order chi connectivity index (χ0) is 13.1. The van der Waals surface area contributed by atoms with Gasteiger partial charge in [0.05, 0.1) is 6.20 Å². The van der Waals surface area contributed by atoms with Gasteiger partial charge in [-0.25, -0.2) is 4.98 Å². The average Bonchev–Trinajstić information content (AvgIpc) is 2.73. The highest BCUT2D eigenvalue weighted by Gasteiger charge is 2.13. The number of pyridine rings is 1. The Bertz CT molecular complexity index is 563. The van der Waals surface area contributed by atoms with E-state index in [1.807, 2.05) is 13.2 Å². The molecule has 0 saturated carbocycles. The summed E-state index contributed by atoms with van der Waals surface area (Å²) < 4.78 is 1.71. The van der Waals surface area contributed by atoms with Gasteiger partial charge in [-0.2, -0.15) is 5.10 Å². The van der Waals surface area contributed by atoms with Gasteiger partial charge in [0.2, 0.25) is 0 Å². The number of hydrogen-bond acceptors (Lipinski definition) is 4. The second-order valence-corrected chi connectivity index (χ2v) is 4.15. The molecule has 0 spiro atoms. The molecule has 1 amide bonds. The van der Waals surface area contributed by atoms with Crippen LogP contribution in [0.2, 0.25) is 0 Å². The van der Waals surface area contributed by atoms with Crippen molar-refractivity contribution in [3.05, 3.63) is 41.9 Å². The Morgan fingerprint density at radius 3 is 2.94 bits per heavy atom. The summed E-state index contributed by atoms with van der Waals surface area (Å²) in [5.41, 5.74) is 7.08. The van der Waals surface area contributed by atoms with Crippen molar-refractivity contribution < 1.29 is 4.79 Å². The topological polar surface area (TPSA) is 77.0 Å². The summed E-state index contributed by atoms with van der Waals surface area (Å²) in [6.45, 7) is 0.509. The van der Waals surface area contributed by atoms with E-state index in [9.17, 15) is 4.79 Å². The molecular formula is C12H15N5O. The van der Waals surface area contributed by atoms with E-state index < -0.39 is 0 Å². The van der Waals surface area contributed by atoms with E-state index in [4.69, 9.17) is 5.73 Å². The monoisotopic (exact) mass is 245 g/mol. The SMILES string of the molecule is CN(Cc1cnn(C)c1)C(=O)c1ccnc(N)c1. The summed E-state index contributed by atoms with van der Waals surface area (Å²) in [5.74, 6) is 0.253. The number of aryl methyl sites for hydroxylation is 1. The van der Waals surface area contributed by atoms with Crippen molar-refractivity contribution in [1.29, 1.82) is 0 Å². The van der Waals surface area contributed by atoms with E-state index in [2.05, 4.69) is 10.1 Å². The molecule has 0 aliphatic carbocycles. The molecular weight excluding hydrogens is 230 g/mol. The first-order chi connectivity index (χ1) is 8.56. The van der Waals surface area contributed by atoms with E-state index in [1.165, 1.54) is 6.20 Å². The van der Waals surface area contributed by atoms with Gasteiger partial charge in [0.25, 0.3) is 5.91 Å². The number of rotatable bonds is 3. The lowest BCUT2D eigenvalue weighted by Crippen LogP contribution is -2.26. The Morgan fingerprint density at radius 2 is 2.33 bits per heavy atom. The van der Waals surface area contributed by atoms with Gasteiger partial charge in [0.1, 0.15) is 5.82 Å². The van der Waals surface area contributed by atoms with Gasteiger partial charge in [-0.1, -0.05) is 0 Å². The smallest absolute Gasteiger partial charge is 0.254 e. The highest BCUT2D eigenvalue weighted by atomic mass is 16.2. The summed E-state index contributed by atoms with van der Waals surface area (Å²) in [7, 11) is 3.58. The first kappa shape index (κ1) is 12.1. The summed E-state index contributed by atoms with van der Waals surface area (Å²) in [6, 6.07) is 3.22. The molecule has 6 nitrogen and oxygen atoms in total. The van der Waals surface area contributed by atoms with Crippen LogP contribution in [-0.2, 0) is 13.6 Å². The average molecular weight is 245 g/mol. The Balaban J connectivity index is 2.09. The number of hydrogen-bond donors (Lipinski definition) is 1. The number of nitrogens with two attached hydrogens (primary N) is 1. The van der Waals surface area contributed by atoms with Crippen molar-refractivity contribution in [3.8, 4) is 0 Å². The lowest BCUT2D eigenvalue weighted by molar-refractivity contribution is 0.0785. The predicted octanol–water partition coefficient (Wildman–Crippen LogP) is 0.670. The fraction of sp³-hybridized carbons (Fsp3) is 0.250. The number of aromatic nitrogens is 3. The molecule has 2 aromatic rings. The van der Waals surface area contributed by atoms with Crippen LogP contribution in [-0.4, -0.2) is 32.6 Å². The second-order valence-electron chi connectivity index (χ2n) is 4.15. The van der Waals surface area contributed by atoms with Crippen molar-refractivity contribution in [1.82, 2.24) is 19.7 Å². The van der Waals surface area contributed by atoms with Crippen molar-refractivity contribution in [2.24, 2.45) is 7.05 Å². The molecule has 2 heterocycles. The number of nitrogen functional groups attached to an aromatic ring is 1. The second kappa shape index (κ2) is 4.87. The van der Waals surface area contributed by atoms with Gasteiger partial charge < -0.3 is 10.6 Å². The maximum absolute atomic E-state index is 12.1. The summed E-state index contributed by atoms with van der Waals surface area (Å²) in [5, 5.41) is 4.06. The largest absolute Gasteiger partial charge is 0.384 e. The standard InChI is InChI=1S/C12H15N5O/c1-16(7-9-6-15-17(2)8-9)12(18)10-3-4-14-11(13)5-10/h3-6,8H,7H2,1-2H3,(H2,13,14). The van der Waals surface area contributed by atoms with E-state index >= 15 is 0 Å². The Kier molecular flexibility index (Phi) is 3.27. The number of carbonyl (C=O) groups is 1. The van der Waals surface area contributed by atoms with Gasteiger partial charge >= 0.3 is 0 Å². The van der Waals surface area contributed by atoms with E-state index in [0.29, 0.717) is 17.9 Å². The third-order valence-electron chi connectivity index (χ3n) is 2.55. The van der Waals surface area contributed by atoms with E-state index in [1.54, 1.807) is 35.0 Å². The normalized spacial score (nSPS) is 10.3. The Labute approximate surface area is 105 Å².